The van der Waals surface area contributed by atoms with Crippen molar-refractivity contribution in [3.8, 4) is 5.75 Å². The Kier molecular flexibility index (Phi) is 4.38. The van der Waals surface area contributed by atoms with Gasteiger partial charge in [0, 0.05) is 22.3 Å². The zero-order valence-electron chi connectivity index (χ0n) is 14.6. The van der Waals surface area contributed by atoms with Crippen molar-refractivity contribution in [2.45, 2.75) is 31.4 Å². The SMILES string of the molecule is C=CC1=CC2Cc3nc4cc(Cl)cc(OC(=O)C(F)(F)F)c4c(N)c3C(C1)C2. The minimum Gasteiger partial charge on any atom is -0.419 e. The molecule has 0 spiro atoms. The highest BCUT2D eigenvalue weighted by Crippen LogP contribution is 2.48. The third-order valence-electron chi connectivity index (χ3n) is 5.25. The molecule has 2 aromatic rings. The second-order valence-corrected chi connectivity index (χ2v) is 7.55. The summed E-state index contributed by atoms with van der Waals surface area (Å²) < 4.78 is 42.7. The van der Waals surface area contributed by atoms with Crippen LogP contribution in [0, 0.1) is 5.92 Å². The third-order valence-corrected chi connectivity index (χ3v) is 5.47. The monoisotopic (exact) mass is 408 g/mol. The topological polar surface area (TPSA) is 65.2 Å². The van der Waals surface area contributed by atoms with Crippen LogP contribution in [0.2, 0.25) is 5.02 Å². The number of benzene rings is 1. The number of anilines is 1. The van der Waals surface area contributed by atoms with E-state index >= 15 is 0 Å². The van der Waals surface area contributed by atoms with E-state index in [0.717, 1.165) is 35.7 Å². The number of halogens is 4. The van der Waals surface area contributed by atoms with Crippen LogP contribution < -0.4 is 10.5 Å². The fourth-order valence-corrected chi connectivity index (χ4v) is 4.41. The van der Waals surface area contributed by atoms with Gasteiger partial charge in [-0.05, 0) is 37.2 Å². The summed E-state index contributed by atoms with van der Waals surface area (Å²) in [4.78, 5) is 16.0. The lowest BCUT2D eigenvalue weighted by Gasteiger charge is -2.35. The highest BCUT2D eigenvalue weighted by Gasteiger charge is 2.42. The molecule has 0 saturated carbocycles. The third kappa shape index (κ3) is 3.13. The maximum absolute atomic E-state index is 12.7. The lowest BCUT2D eigenvalue weighted by Crippen LogP contribution is -2.28. The number of carbonyl (C=O) groups is 1. The van der Waals surface area contributed by atoms with Crippen LogP contribution in [0.5, 0.6) is 5.75 Å². The minimum atomic E-state index is -5.13. The molecule has 4 rings (SSSR count). The van der Waals surface area contributed by atoms with Crippen LogP contribution in [0.4, 0.5) is 18.9 Å². The summed E-state index contributed by atoms with van der Waals surface area (Å²) in [7, 11) is 0. The number of allylic oxidation sites excluding steroid dienone is 3. The molecule has 0 aliphatic heterocycles. The fraction of sp³-hybridized carbons (Fsp3) is 0.300. The van der Waals surface area contributed by atoms with Crippen LogP contribution in [0.3, 0.4) is 0 Å². The van der Waals surface area contributed by atoms with Crippen molar-refractivity contribution in [2.24, 2.45) is 5.92 Å². The second kappa shape index (κ2) is 6.51. The molecule has 28 heavy (non-hydrogen) atoms. The molecular formula is C20H16ClF3N2O2. The Morgan fingerprint density at radius 3 is 2.79 bits per heavy atom. The largest absolute Gasteiger partial charge is 0.491 e. The number of esters is 1. The molecule has 2 atom stereocenters. The molecule has 1 heterocycles. The molecule has 2 aliphatic carbocycles. The number of alkyl halides is 3. The van der Waals surface area contributed by atoms with Gasteiger partial charge in [-0.1, -0.05) is 35.9 Å². The van der Waals surface area contributed by atoms with E-state index in [1.807, 2.05) is 6.08 Å². The molecule has 0 saturated heterocycles. The quantitative estimate of drug-likeness (QED) is 0.554. The molecule has 2 N–H and O–H groups in total. The number of hydrogen-bond acceptors (Lipinski definition) is 4. The number of fused-ring (bicyclic) bond motifs is 5. The Morgan fingerprint density at radius 1 is 1.36 bits per heavy atom. The van der Waals surface area contributed by atoms with Gasteiger partial charge in [-0.3, -0.25) is 4.98 Å². The predicted molar refractivity (Wildman–Crippen MR) is 100 cm³/mol. The molecule has 0 amide bonds. The smallest absolute Gasteiger partial charge is 0.419 e. The normalized spacial score (nSPS) is 21.1. The first-order valence-electron chi connectivity index (χ1n) is 8.71. The number of ether oxygens (including phenoxy) is 1. The summed E-state index contributed by atoms with van der Waals surface area (Å²) in [5.74, 6) is -2.27. The number of pyridine rings is 1. The molecule has 8 heteroatoms. The highest BCUT2D eigenvalue weighted by molar-refractivity contribution is 6.31. The van der Waals surface area contributed by atoms with E-state index in [1.54, 1.807) is 0 Å². The maximum atomic E-state index is 12.7. The van der Waals surface area contributed by atoms with Gasteiger partial charge in [0.2, 0.25) is 0 Å². The Labute approximate surface area is 163 Å². The summed E-state index contributed by atoms with van der Waals surface area (Å²) >= 11 is 6.02. The summed E-state index contributed by atoms with van der Waals surface area (Å²) in [6.07, 6.45) is 1.15. The number of aromatic nitrogens is 1. The molecule has 4 nitrogen and oxygen atoms in total. The average Bonchev–Trinajstić information content (AvgIpc) is 2.59. The summed E-state index contributed by atoms with van der Waals surface area (Å²) in [6, 6.07) is 2.66. The van der Waals surface area contributed by atoms with Crippen molar-refractivity contribution < 1.29 is 22.7 Å². The minimum absolute atomic E-state index is 0.0884. The van der Waals surface area contributed by atoms with E-state index in [0.29, 0.717) is 17.9 Å². The Balaban J connectivity index is 1.89. The van der Waals surface area contributed by atoms with E-state index < -0.39 is 12.1 Å². The van der Waals surface area contributed by atoms with Gasteiger partial charge in [0.1, 0.15) is 5.75 Å². The Hall–Kier alpha value is -2.54. The molecule has 2 bridgehead atoms. The van der Waals surface area contributed by atoms with Gasteiger partial charge in [0.15, 0.2) is 0 Å². The number of nitrogens with two attached hydrogens (primary N) is 1. The van der Waals surface area contributed by atoms with Crippen LogP contribution >= 0.6 is 11.6 Å². The van der Waals surface area contributed by atoms with Crippen LogP contribution in [0.15, 0.2) is 36.4 Å². The van der Waals surface area contributed by atoms with Gasteiger partial charge < -0.3 is 10.5 Å². The molecule has 2 aliphatic rings. The highest BCUT2D eigenvalue weighted by atomic mass is 35.5. The van der Waals surface area contributed by atoms with Crippen LogP contribution in [0.25, 0.3) is 10.9 Å². The first kappa shape index (κ1) is 18.8. The first-order chi connectivity index (χ1) is 13.2. The summed E-state index contributed by atoms with van der Waals surface area (Å²) in [5, 5.41) is 0.281. The Morgan fingerprint density at radius 2 is 2.11 bits per heavy atom. The molecule has 2 unspecified atom stereocenters. The van der Waals surface area contributed by atoms with E-state index in [1.165, 1.54) is 6.07 Å². The number of hydrogen-bond donors (Lipinski definition) is 1. The van der Waals surface area contributed by atoms with Gasteiger partial charge in [-0.25, -0.2) is 4.79 Å². The van der Waals surface area contributed by atoms with Gasteiger partial charge in [-0.2, -0.15) is 13.2 Å². The van der Waals surface area contributed by atoms with Gasteiger partial charge >= 0.3 is 12.1 Å². The lowest BCUT2D eigenvalue weighted by atomic mass is 9.71. The standard InChI is InChI=1S/C20H16ClF3N2O2/c1-2-9-3-10-5-11(4-9)16-13(6-10)26-14-7-12(21)8-15(17(14)18(16)25)28-19(27)20(22,23)24/h2-3,7-8,10-11H,1,4-6H2,(H2,25,26). The first-order valence-corrected chi connectivity index (χ1v) is 9.08. The molecule has 146 valence electrons. The van der Waals surface area contributed by atoms with Crippen molar-refractivity contribution in [1.29, 1.82) is 0 Å². The van der Waals surface area contributed by atoms with Crippen molar-refractivity contribution in [2.75, 3.05) is 5.73 Å². The van der Waals surface area contributed by atoms with Crippen LogP contribution in [-0.2, 0) is 11.2 Å². The Bertz CT molecular complexity index is 1050. The summed E-state index contributed by atoms with van der Waals surface area (Å²) in [6.45, 7) is 3.83. The van der Waals surface area contributed by atoms with Gasteiger partial charge in [0.25, 0.3) is 0 Å². The van der Waals surface area contributed by atoms with E-state index in [4.69, 9.17) is 17.3 Å². The molecule has 0 radical (unpaired) electrons. The van der Waals surface area contributed by atoms with Gasteiger partial charge in [0.05, 0.1) is 16.6 Å². The van der Waals surface area contributed by atoms with Crippen molar-refractivity contribution in [3.05, 3.63) is 52.7 Å². The zero-order chi connectivity index (χ0) is 20.2. The van der Waals surface area contributed by atoms with Crippen LogP contribution in [-0.4, -0.2) is 17.1 Å². The number of rotatable bonds is 2. The number of nitrogen functional groups attached to an aromatic ring is 1. The maximum Gasteiger partial charge on any atom is 0.491 e. The molecule has 1 aromatic carbocycles. The van der Waals surface area contributed by atoms with Crippen LogP contribution in [0.1, 0.15) is 30.0 Å². The van der Waals surface area contributed by atoms with Crippen molar-refractivity contribution in [3.63, 3.8) is 0 Å². The van der Waals surface area contributed by atoms with Gasteiger partial charge in [-0.15, -0.1) is 0 Å². The lowest BCUT2D eigenvalue weighted by molar-refractivity contribution is -0.189. The average molecular weight is 409 g/mol. The van der Waals surface area contributed by atoms with E-state index in [9.17, 15) is 18.0 Å². The summed E-state index contributed by atoms with van der Waals surface area (Å²) in [5.41, 5.74) is 9.72. The number of carbonyl (C=O) groups excluding carboxylic acids is 1. The number of nitrogens with zero attached hydrogens (tertiary/aromatic N) is 1. The van der Waals surface area contributed by atoms with Crippen molar-refractivity contribution >= 4 is 34.2 Å². The fourth-order valence-electron chi connectivity index (χ4n) is 4.21. The zero-order valence-corrected chi connectivity index (χ0v) is 15.4. The molecule has 0 fully saturated rings. The van der Waals surface area contributed by atoms with Crippen molar-refractivity contribution in [1.82, 2.24) is 4.98 Å². The predicted octanol–water partition coefficient (Wildman–Crippen LogP) is 5.10. The van der Waals surface area contributed by atoms with E-state index in [-0.39, 0.29) is 27.8 Å². The molecule has 1 aromatic heterocycles. The van der Waals surface area contributed by atoms with E-state index in [2.05, 4.69) is 22.4 Å². The second-order valence-electron chi connectivity index (χ2n) is 7.12. The molecular weight excluding hydrogens is 393 g/mol.